The van der Waals surface area contributed by atoms with E-state index in [4.69, 9.17) is 0 Å². The lowest BCUT2D eigenvalue weighted by Crippen LogP contribution is -2.36. The molecule has 0 aromatic heterocycles. The minimum atomic E-state index is -1.98. The average Bonchev–Trinajstić information content (AvgIpc) is 2.41. The number of nitrogens with one attached hydrogen (secondary N) is 1. The number of allylic oxidation sites excluding steroid dienone is 1. The van der Waals surface area contributed by atoms with Crippen LogP contribution >= 0.6 is 0 Å². The molecule has 1 aromatic carbocycles. The first-order chi connectivity index (χ1) is 9.00. The van der Waals surface area contributed by atoms with Crippen LogP contribution in [0.3, 0.4) is 0 Å². The van der Waals surface area contributed by atoms with Gasteiger partial charge in [-0.3, -0.25) is 4.79 Å². The van der Waals surface area contributed by atoms with Gasteiger partial charge in [-0.05, 0) is 25.3 Å². The van der Waals surface area contributed by atoms with Crippen LogP contribution in [0.5, 0.6) is 0 Å². The van der Waals surface area contributed by atoms with E-state index < -0.39 is 34.7 Å². The van der Waals surface area contributed by atoms with Gasteiger partial charge in [0.15, 0.2) is 23.3 Å². The highest BCUT2D eigenvalue weighted by Crippen LogP contribution is 2.19. The molecule has 19 heavy (non-hydrogen) atoms. The number of halogens is 4. The first kappa shape index (κ1) is 13.6. The summed E-state index contributed by atoms with van der Waals surface area (Å²) in [4.78, 5) is 11.7. The Morgan fingerprint density at radius 2 is 1.84 bits per heavy atom. The Labute approximate surface area is 107 Å². The normalized spacial score (nSPS) is 18.4. The Balaban J connectivity index is 2.21. The van der Waals surface area contributed by atoms with Crippen molar-refractivity contribution in [3.63, 3.8) is 0 Å². The molecular weight excluding hydrogens is 262 g/mol. The molecule has 0 saturated heterocycles. The molecule has 1 amide bonds. The van der Waals surface area contributed by atoms with Gasteiger partial charge in [0.05, 0.1) is 5.56 Å². The van der Waals surface area contributed by atoms with Crippen molar-refractivity contribution in [1.82, 2.24) is 5.32 Å². The van der Waals surface area contributed by atoms with Gasteiger partial charge in [-0.2, -0.15) is 0 Å². The highest BCUT2D eigenvalue weighted by Gasteiger charge is 2.24. The van der Waals surface area contributed by atoms with Gasteiger partial charge in [-0.25, -0.2) is 17.6 Å². The summed E-state index contributed by atoms with van der Waals surface area (Å²) in [5.74, 6) is -8.12. The van der Waals surface area contributed by atoms with Crippen molar-refractivity contribution in [2.75, 3.05) is 0 Å². The molecule has 1 aliphatic rings. The van der Waals surface area contributed by atoms with Crippen LogP contribution in [0.15, 0.2) is 18.2 Å². The smallest absolute Gasteiger partial charge is 0.254 e. The molecule has 1 atom stereocenters. The molecular formula is C13H11F4NO. The van der Waals surface area contributed by atoms with E-state index in [0.717, 1.165) is 6.42 Å². The Kier molecular flexibility index (Phi) is 3.87. The van der Waals surface area contributed by atoms with Gasteiger partial charge in [0.1, 0.15) is 0 Å². The SMILES string of the molecule is O=C(N[C@H]1CC=CCC1)c1cc(F)c(F)c(F)c1F. The summed E-state index contributed by atoms with van der Waals surface area (Å²) in [6.45, 7) is 0. The molecule has 0 saturated carbocycles. The van der Waals surface area contributed by atoms with E-state index in [2.05, 4.69) is 5.32 Å². The van der Waals surface area contributed by atoms with E-state index in [0.29, 0.717) is 18.9 Å². The molecule has 0 spiro atoms. The van der Waals surface area contributed by atoms with E-state index >= 15 is 0 Å². The van der Waals surface area contributed by atoms with Crippen molar-refractivity contribution in [3.05, 3.63) is 47.1 Å². The molecule has 6 heteroatoms. The first-order valence-corrected chi connectivity index (χ1v) is 5.79. The van der Waals surface area contributed by atoms with Crippen molar-refractivity contribution in [3.8, 4) is 0 Å². The van der Waals surface area contributed by atoms with Crippen molar-refractivity contribution >= 4 is 5.91 Å². The molecule has 1 N–H and O–H groups in total. The van der Waals surface area contributed by atoms with Crippen LogP contribution in [0, 0.1) is 23.3 Å². The largest absolute Gasteiger partial charge is 0.349 e. The van der Waals surface area contributed by atoms with Gasteiger partial charge in [0.2, 0.25) is 0 Å². The van der Waals surface area contributed by atoms with Crippen LogP contribution in [0.1, 0.15) is 29.6 Å². The van der Waals surface area contributed by atoms with Gasteiger partial charge in [-0.1, -0.05) is 12.2 Å². The lowest BCUT2D eigenvalue weighted by atomic mass is 10.0. The number of amides is 1. The van der Waals surface area contributed by atoms with Crippen molar-refractivity contribution < 1.29 is 22.4 Å². The molecule has 0 heterocycles. The van der Waals surface area contributed by atoms with E-state index in [1.165, 1.54) is 0 Å². The topological polar surface area (TPSA) is 29.1 Å². The maximum absolute atomic E-state index is 13.4. The Morgan fingerprint density at radius 1 is 1.11 bits per heavy atom. The Bertz CT molecular complexity index is 542. The zero-order valence-electron chi connectivity index (χ0n) is 9.85. The first-order valence-electron chi connectivity index (χ1n) is 5.79. The number of carbonyl (C=O) groups excluding carboxylic acids is 1. The summed E-state index contributed by atoms with van der Waals surface area (Å²) in [6, 6.07) is 0.148. The summed E-state index contributed by atoms with van der Waals surface area (Å²) in [5, 5.41) is 2.46. The number of carbonyl (C=O) groups is 1. The van der Waals surface area contributed by atoms with Crippen LogP contribution in [-0.2, 0) is 0 Å². The lowest BCUT2D eigenvalue weighted by molar-refractivity contribution is 0.0928. The zero-order chi connectivity index (χ0) is 14.0. The van der Waals surface area contributed by atoms with Crippen LogP contribution in [0.25, 0.3) is 0 Å². The third-order valence-electron chi connectivity index (χ3n) is 2.95. The fourth-order valence-corrected chi connectivity index (χ4v) is 1.93. The van der Waals surface area contributed by atoms with Gasteiger partial charge in [0.25, 0.3) is 5.91 Å². The quantitative estimate of drug-likeness (QED) is 0.381. The second kappa shape index (κ2) is 5.42. The maximum Gasteiger partial charge on any atom is 0.254 e. The van der Waals surface area contributed by atoms with Crippen LogP contribution in [-0.4, -0.2) is 11.9 Å². The Hall–Kier alpha value is -1.85. The number of rotatable bonds is 2. The fourth-order valence-electron chi connectivity index (χ4n) is 1.93. The van der Waals surface area contributed by atoms with E-state index in [9.17, 15) is 22.4 Å². The molecule has 0 unspecified atom stereocenters. The second-order valence-corrected chi connectivity index (χ2v) is 4.30. The van der Waals surface area contributed by atoms with E-state index in [1.54, 1.807) is 0 Å². The zero-order valence-corrected chi connectivity index (χ0v) is 9.85. The van der Waals surface area contributed by atoms with Gasteiger partial charge >= 0.3 is 0 Å². The third-order valence-corrected chi connectivity index (χ3v) is 2.95. The van der Waals surface area contributed by atoms with Crippen molar-refractivity contribution in [2.24, 2.45) is 0 Å². The summed E-state index contributed by atoms with van der Waals surface area (Å²) in [7, 11) is 0. The summed E-state index contributed by atoms with van der Waals surface area (Å²) in [6.07, 6.45) is 5.80. The predicted octanol–water partition coefficient (Wildman–Crippen LogP) is 3.08. The summed E-state index contributed by atoms with van der Waals surface area (Å²) < 4.78 is 52.1. The molecule has 2 rings (SSSR count). The summed E-state index contributed by atoms with van der Waals surface area (Å²) in [5.41, 5.74) is -0.828. The third kappa shape index (κ3) is 2.77. The van der Waals surface area contributed by atoms with Crippen molar-refractivity contribution in [2.45, 2.75) is 25.3 Å². The fraction of sp³-hybridized carbons (Fsp3) is 0.308. The highest BCUT2D eigenvalue weighted by atomic mass is 19.2. The van der Waals surface area contributed by atoms with E-state index in [-0.39, 0.29) is 6.04 Å². The predicted molar refractivity (Wildman–Crippen MR) is 60.5 cm³/mol. The summed E-state index contributed by atoms with van der Waals surface area (Å²) >= 11 is 0. The van der Waals surface area contributed by atoms with Crippen LogP contribution < -0.4 is 5.32 Å². The molecule has 0 aliphatic heterocycles. The van der Waals surface area contributed by atoms with E-state index in [1.807, 2.05) is 12.2 Å². The van der Waals surface area contributed by atoms with Crippen LogP contribution in [0.2, 0.25) is 0 Å². The molecule has 102 valence electrons. The standard InChI is InChI=1S/C13H11F4NO/c14-9-6-8(10(15)12(17)11(9)16)13(19)18-7-4-2-1-3-5-7/h1-2,6-7H,3-5H2,(H,18,19)/t7-/m0/s1. The second-order valence-electron chi connectivity index (χ2n) is 4.30. The van der Waals surface area contributed by atoms with Crippen LogP contribution in [0.4, 0.5) is 17.6 Å². The minimum absolute atomic E-state index is 0.215. The maximum atomic E-state index is 13.4. The molecule has 1 aromatic rings. The van der Waals surface area contributed by atoms with Gasteiger partial charge < -0.3 is 5.32 Å². The molecule has 0 bridgehead atoms. The number of hydrogen-bond acceptors (Lipinski definition) is 1. The lowest BCUT2D eigenvalue weighted by Gasteiger charge is -2.19. The molecule has 1 aliphatic carbocycles. The molecule has 0 fully saturated rings. The minimum Gasteiger partial charge on any atom is -0.349 e. The number of benzene rings is 1. The van der Waals surface area contributed by atoms with Gasteiger partial charge in [-0.15, -0.1) is 0 Å². The Morgan fingerprint density at radius 3 is 2.47 bits per heavy atom. The monoisotopic (exact) mass is 273 g/mol. The molecule has 0 radical (unpaired) electrons. The van der Waals surface area contributed by atoms with Crippen molar-refractivity contribution in [1.29, 1.82) is 0 Å². The molecule has 2 nitrogen and oxygen atoms in total. The van der Waals surface area contributed by atoms with Gasteiger partial charge in [0, 0.05) is 6.04 Å². The number of hydrogen-bond donors (Lipinski definition) is 1. The average molecular weight is 273 g/mol. The highest BCUT2D eigenvalue weighted by molar-refractivity contribution is 5.94.